The molecule has 2 aromatic rings. The van der Waals surface area contributed by atoms with Crippen LogP contribution < -0.4 is 11.1 Å². The van der Waals surface area contributed by atoms with Gasteiger partial charge in [0.25, 0.3) is 0 Å². The van der Waals surface area contributed by atoms with Crippen molar-refractivity contribution in [1.82, 2.24) is 15.2 Å². The molecule has 1 aromatic heterocycles. The van der Waals surface area contributed by atoms with E-state index in [1.165, 1.54) is 4.90 Å². The Hall–Kier alpha value is -2.29. The van der Waals surface area contributed by atoms with E-state index in [2.05, 4.69) is 10.3 Å². The lowest BCUT2D eigenvalue weighted by Gasteiger charge is -2.27. The first-order valence-corrected chi connectivity index (χ1v) is 10.7. The lowest BCUT2D eigenvalue weighted by molar-refractivity contribution is -0.140. The predicted molar refractivity (Wildman–Crippen MR) is 113 cm³/mol. The van der Waals surface area contributed by atoms with Crippen LogP contribution in [0.25, 0.3) is 10.4 Å². The first kappa shape index (κ1) is 21.4. The van der Waals surface area contributed by atoms with Gasteiger partial charge < -0.3 is 21.1 Å². The Bertz CT molecular complexity index is 865. The van der Waals surface area contributed by atoms with Gasteiger partial charge in [0, 0.05) is 19.5 Å². The van der Waals surface area contributed by atoms with Gasteiger partial charge in [-0.25, -0.2) is 4.98 Å². The summed E-state index contributed by atoms with van der Waals surface area (Å²) in [4.78, 5) is 32.1. The number of hydrogen-bond donors (Lipinski definition) is 3. The summed E-state index contributed by atoms with van der Waals surface area (Å²) in [5, 5.41) is 12.9. The highest BCUT2D eigenvalue weighted by Gasteiger charge is 2.40. The van der Waals surface area contributed by atoms with Gasteiger partial charge in [-0.3, -0.25) is 9.59 Å². The second-order valence-electron chi connectivity index (χ2n) is 7.85. The Labute approximate surface area is 174 Å². The van der Waals surface area contributed by atoms with Gasteiger partial charge in [0.2, 0.25) is 11.8 Å². The highest BCUT2D eigenvalue weighted by atomic mass is 32.1. The molecular formula is C21H28N4O3S. The molecule has 1 unspecified atom stereocenters. The molecule has 3 rings (SSSR count). The second-order valence-corrected chi connectivity index (χ2v) is 8.70. The van der Waals surface area contributed by atoms with E-state index in [0.717, 1.165) is 21.7 Å². The molecule has 29 heavy (non-hydrogen) atoms. The zero-order chi connectivity index (χ0) is 21.1. The van der Waals surface area contributed by atoms with E-state index in [-0.39, 0.29) is 30.7 Å². The van der Waals surface area contributed by atoms with Crippen LogP contribution in [0.2, 0.25) is 0 Å². The summed E-state index contributed by atoms with van der Waals surface area (Å²) < 4.78 is 0. The molecule has 7 nitrogen and oxygen atoms in total. The minimum atomic E-state index is -0.712. The van der Waals surface area contributed by atoms with Gasteiger partial charge in [0.15, 0.2) is 0 Å². The van der Waals surface area contributed by atoms with E-state index < -0.39 is 18.2 Å². The van der Waals surface area contributed by atoms with Gasteiger partial charge in [-0.15, -0.1) is 11.3 Å². The number of carbonyl (C=O) groups is 2. The second kappa shape index (κ2) is 9.02. The Kier molecular flexibility index (Phi) is 6.66. The molecule has 1 fully saturated rings. The highest BCUT2D eigenvalue weighted by Crippen LogP contribution is 2.27. The van der Waals surface area contributed by atoms with E-state index in [1.807, 2.05) is 50.5 Å². The van der Waals surface area contributed by atoms with Crippen molar-refractivity contribution < 1.29 is 14.7 Å². The number of aryl methyl sites for hydroxylation is 1. The van der Waals surface area contributed by atoms with Crippen molar-refractivity contribution in [3.05, 3.63) is 41.0 Å². The number of likely N-dealkylation sites (tertiary alicyclic amines) is 1. The Balaban J connectivity index is 1.62. The Morgan fingerprint density at radius 2 is 2.03 bits per heavy atom. The van der Waals surface area contributed by atoms with Crippen molar-refractivity contribution in [3.8, 4) is 10.4 Å². The summed E-state index contributed by atoms with van der Waals surface area (Å²) >= 11 is 1.60. The van der Waals surface area contributed by atoms with E-state index >= 15 is 0 Å². The number of aliphatic hydroxyl groups is 1. The fraction of sp³-hybridized carbons (Fsp3) is 0.476. The lowest BCUT2D eigenvalue weighted by Crippen LogP contribution is -2.52. The largest absolute Gasteiger partial charge is 0.391 e. The van der Waals surface area contributed by atoms with Crippen molar-refractivity contribution >= 4 is 23.2 Å². The highest BCUT2D eigenvalue weighted by molar-refractivity contribution is 7.13. The van der Waals surface area contributed by atoms with E-state index in [1.54, 1.807) is 11.3 Å². The average Bonchev–Trinajstić information content (AvgIpc) is 3.30. The maximum atomic E-state index is 12.7. The van der Waals surface area contributed by atoms with Crippen molar-refractivity contribution in [2.24, 2.45) is 11.7 Å². The molecule has 0 aliphatic carbocycles. The van der Waals surface area contributed by atoms with Crippen LogP contribution in [-0.4, -0.2) is 51.5 Å². The lowest BCUT2D eigenvalue weighted by atomic mass is 10.0. The van der Waals surface area contributed by atoms with Crippen molar-refractivity contribution in [2.45, 2.75) is 51.9 Å². The number of amides is 2. The molecule has 1 saturated heterocycles. The summed E-state index contributed by atoms with van der Waals surface area (Å²) in [7, 11) is 0. The third kappa shape index (κ3) is 4.83. The number of aliphatic hydroxyl groups excluding tert-OH is 1. The number of nitrogens with one attached hydrogen (secondary N) is 1. The van der Waals surface area contributed by atoms with Crippen LogP contribution >= 0.6 is 11.3 Å². The Morgan fingerprint density at radius 1 is 1.34 bits per heavy atom. The molecule has 0 bridgehead atoms. The first-order valence-electron chi connectivity index (χ1n) is 9.79. The van der Waals surface area contributed by atoms with Crippen LogP contribution in [0.3, 0.4) is 0 Å². The normalized spacial score (nSPS) is 20.1. The number of nitrogens with two attached hydrogens (primary N) is 1. The fourth-order valence-electron chi connectivity index (χ4n) is 3.44. The van der Waals surface area contributed by atoms with Crippen molar-refractivity contribution in [2.75, 3.05) is 6.54 Å². The van der Waals surface area contributed by atoms with Gasteiger partial charge in [-0.05, 0) is 24.0 Å². The molecule has 2 amide bonds. The Morgan fingerprint density at radius 3 is 2.62 bits per heavy atom. The topological polar surface area (TPSA) is 109 Å². The van der Waals surface area contributed by atoms with Crippen LogP contribution in [0.5, 0.6) is 0 Å². The minimum Gasteiger partial charge on any atom is -0.391 e. The summed E-state index contributed by atoms with van der Waals surface area (Å²) in [6.07, 6.45) is -0.484. The quantitative estimate of drug-likeness (QED) is 0.664. The van der Waals surface area contributed by atoms with E-state index in [9.17, 15) is 14.7 Å². The summed E-state index contributed by atoms with van der Waals surface area (Å²) in [6, 6.07) is 6.59. The molecule has 0 radical (unpaired) electrons. The summed E-state index contributed by atoms with van der Waals surface area (Å²) in [5.74, 6) is -0.598. The van der Waals surface area contributed by atoms with Crippen molar-refractivity contribution in [1.29, 1.82) is 0 Å². The van der Waals surface area contributed by atoms with Crippen LogP contribution in [-0.2, 0) is 16.1 Å². The molecule has 0 saturated carbocycles. The molecule has 3 atom stereocenters. The molecule has 4 N–H and O–H groups in total. The molecule has 1 aliphatic rings. The van der Waals surface area contributed by atoms with Crippen LogP contribution in [0.15, 0.2) is 29.8 Å². The predicted octanol–water partition coefficient (Wildman–Crippen LogP) is 1.68. The molecular weight excluding hydrogens is 388 g/mol. The standard InChI is InChI=1S/C21H28N4O3S/c1-12(2)18(22)21(28)25-10-16(26)8-17(25)20(27)23-9-14-4-6-15(7-5-14)19-13(3)24-11-29-19/h4-7,11-12,16-18,26H,8-10,22H2,1-3H3,(H,23,27)/t16-,17+,18?/m1/s1. The van der Waals surface area contributed by atoms with Gasteiger partial charge >= 0.3 is 0 Å². The van der Waals surface area contributed by atoms with E-state index in [0.29, 0.717) is 6.54 Å². The van der Waals surface area contributed by atoms with Gasteiger partial charge in [0.1, 0.15) is 6.04 Å². The third-order valence-corrected chi connectivity index (χ3v) is 6.27. The van der Waals surface area contributed by atoms with Crippen LogP contribution in [0, 0.1) is 12.8 Å². The number of thiazole rings is 1. The zero-order valence-electron chi connectivity index (χ0n) is 17.0. The first-order chi connectivity index (χ1) is 13.8. The molecule has 2 heterocycles. The molecule has 156 valence electrons. The van der Waals surface area contributed by atoms with Gasteiger partial charge in [0.05, 0.1) is 28.2 Å². The number of nitrogens with zero attached hydrogens (tertiary/aromatic N) is 2. The molecule has 1 aromatic carbocycles. The average molecular weight is 417 g/mol. The van der Waals surface area contributed by atoms with Gasteiger partial charge in [-0.1, -0.05) is 38.1 Å². The minimum absolute atomic E-state index is 0.0374. The number of aromatic nitrogens is 1. The number of benzene rings is 1. The summed E-state index contributed by atoms with van der Waals surface area (Å²) in [6.45, 7) is 6.20. The smallest absolute Gasteiger partial charge is 0.243 e. The fourth-order valence-corrected chi connectivity index (χ4v) is 4.25. The monoisotopic (exact) mass is 416 g/mol. The van der Waals surface area contributed by atoms with Crippen LogP contribution in [0.1, 0.15) is 31.5 Å². The maximum absolute atomic E-state index is 12.7. The van der Waals surface area contributed by atoms with E-state index in [4.69, 9.17) is 5.73 Å². The number of carbonyl (C=O) groups excluding carboxylic acids is 2. The SMILES string of the molecule is Cc1ncsc1-c1ccc(CNC(=O)[C@@H]2C[C@@H](O)CN2C(=O)C(N)C(C)C)cc1. The van der Waals surface area contributed by atoms with Gasteiger partial charge in [-0.2, -0.15) is 0 Å². The molecule has 0 spiro atoms. The van der Waals surface area contributed by atoms with Crippen LogP contribution in [0.4, 0.5) is 0 Å². The number of hydrogen-bond acceptors (Lipinski definition) is 6. The third-order valence-electron chi connectivity index (χ3n) is 5.30. The number of rotatable bonds is 6. The zero-order valence-corrected chi connectivity index (χ0v) is 17.8. The maximum Gasteiger partial charge on any atom is 0.243 e. The van der Waals surface area contributed by atoms with Crippen molar-refractivity contribution in [3.63, 3.8) is 0 Å². The molecule has 1 aliphatic heterocycles. The number of β-amino-alcohol motifs (C(OH)–C–C–N with tert-alkyl or cyclic N) is 1. The molecule has 8 heteroatoms. The summed E-state index contributed by atoms with van der Waals surface area (Å²) in [5.41, 5.74) is 10.8.